The second-order valence-corrected chi connectivity index (χ2v) is 7.11. The fourth-order valence-electron chi connectivity index (χ4n) is 2.08. The molecule has 7 heteroatoms. The summed E-state index contributed by atoms with van der Waals surface area (Å²) in [7, 11) is -3.29. The molecule has 6 nitrogen and oxygen atoms in total. The molecule has 0 atom stereocenters. The summed E-state index contributed by atoms with van der Waals surface area (Å²) < 4.78 is 25.4. The van der Waals surface area contributed by atoms with E-state index in [9.17, 15) is 13.2 Å². The summed E-state index contributed by atoms with van der Waals surface area (Å²) in [5.74, 6) is 0.0237. The smallest absolute Gasteiger partial charge is 0.232 e. The van der Waals surface area contributed by atoms with Gasteiger partial charge in [0, 0.05) is 30.2 Å². The van der Waals surface area contributed by atoms with Gasteiger partial charge < -0.3 is 9.80 Å². The largest absolute Gasteiger partial charge is 0.359 e. The van der Waals surface area contributed by atoms with Crippen molar-refractivity contribution in [2.75, 3.05) is 30.2 Å². The van der Waals surface area contributed by atoms with Gasteiger partial charge in [-0.3, -0.25) is 9.52 Å². The van der Waals surface area contributed by atoms with Crippen LogP contribution in [-0.2, 0) is 10.0 Å². The number of carbonyl (C=O) groups is 1. The molecule has 1 N–H and O–H groups in total. The maximum absolute atomic E-state index is 12.2. The van der Waals surface area contributed by atoms with Crippen LogP contribution in [0.1, 0.15) is 24.2 Å². The fourth-order valence-corrected chi connectivity index (χ4v) is 2.72. The van der Waals surface area contributed by atoms with Crippen molar-refractivity contribution in [2.45, 2.75) is 13.8 Å². The quantitative estimate of drug-likeness (QED) is 0.774. The van der Waals surface area contributed by atoms with Crippen LogP contribution in [0.15, 0.2) is 36.7 Å². The van der Waals surface area contributed by atoms with Gasteiger partial charge in [0.2, 0.25) is 10.0 Å². The van der Waals surface area contributed by atoms with E-state index in [-0.39, 0.29) is 11.5 Å². The van der Waals surface area contributed by atoms with Gasteiger partial charge in [-0.05, 0) is 38.1 Å². The zero-order valence-electron chi connectivity index (χ0n) is 12.8. The van der Waals surface area contributed by atoms with Gasteiger partial charge in [0.1, 0.15) is 0 Å². The van der Waals surface area contributed by atoms with Crippen molar-refractivity contribution in [2.24, 2.45) is 0 Å². The standard InChI is InChI=1S/C15H21N3O3S/c1-3-17-9-10-18(12-17)11-15(19)13-5-7-14(8-6-13)16-22(20,21)4-2/h5-10,16H,3-4,11-12H2,1-2H3. The lowest BCUT2D eigenvalue weighted by Gasteiger charge is -2.19. The highest BCUT2D eigenvalue weighted by atomic mass is 32.2. The summed E-state index contributed by atoms with van der Waals surface area (Å²) in [6.45, 7) is 5.58. The number of ketones is 1. The Balaban J connectivity index is 1.96. The van der Waals surface area contributed by atoms with E-state index in [1.807, 2.05) is 17.3 Å². The first kappa shape index (κ1) is 16.4. The van der Waals surface area contributed by atoms with E-state index in [2.05, 4.69) is 16.5 Å². The number of nitrogens with one attached hydrogen (secondary N) is 1. The van der Waals surface area contributed by atoms with E-state index in [1.54, 1.807) is 31.2 Å². The number of anilines is 1. The van der Waals surface area contributed by atoms with Crippen molar-refractivity contribution in [1.29, 1.82) is 0 Å². The molecule has 1 aromatic rings. The molecule has 0 amide bonds. The molecule has 1 aliphatic heterocycles. The number of nitrogens with zero attached hydrogens (tertiary/aromatic N) is 2. The summed E-state index contributed by atoms with van der Waals surface area (Å²) in [4.78, 5) is 16.3. The zero-order chi connectivity index (χ0) is 16.2. The molecule has 0 radical (unpaired) electrons. The van der Waals surface area contributed by atoms with Crippen LogP contribution in [0.4, 0.5) is 5.69 Å². The van der Waals surface area contributed by atoms with Crippen LogP contribution in [0.25, 0.3) is 0 Å². The van der Waals surface area contributed by atoms with E-state index < -0.39 is 10.0 Å². The van der Waals surface area contributed by atoms with Gasteiger partial charge in [0.15, 0.2) is 5.78 Å². The average Bonchev–Trinajstić information content (AvgIpc) is 2.95. The molecule has 0 unspecified atom stereocenters. The van der Waals surface area contributed by atoms with Gasteiger partial charge in [-0.2, -0.15) is 0 Å². The second kappa shape index (κ2) is 6.83. The highest BCUT2D eigenvalue weighted by Crippen LogP contribution is 2.13. The van der Waals surface area contributed by atoms with E-state index in [0.29, 0.717) is 17.8 Å². The number of hydrogen-bond donors (Lipinski definition) is 1. The molecular formula is C15H21N3O3S. The molecular weight excluding hydrogens is 302 g/mol. The Hall–Kier alpha value is -2.02. The van der Waals surface area contributed by atoms with Gasteiger partial charge in [0.25, 0.3) is 0 Å². The van der Waals surface area contributed by atoms with Crippen molar-refractivity contribution in [3.8, 4) is 0 Å². The van der Waals surface area contributed by atoms with Crippen LogP contribution in [0.2, 0.25) is 0 Å². The summed E-state index contributed by atoms with van der Waals surface area (Å²) in [5.41, 5.74) is 1.04. The Morgan fingerprint density at radius 3 is 2.32 bits per heavy atom. The SMILES string of the molecule is CCN1C=CN(CC(=O)c2ccc(NS(=O)(=O)CC)cc2)C1. The molecule has 120 valence electrons. The Kier molecular flexibility index (Phi) is 5.07. The molecule has 0 aromatic heterocycles. The number of rotatable bonds is 7. The summed E-state index contributed by atoms with van der Waals surface area (Å²) in [6, 6.07) is 6.51. The normalized spacial score (nSPS) is 14.5. The molecule has 0 saturated heterocycles. The van der Waals surface area contributed by atoms with Gasteiger partial charge in [0.05, 0.1) is 19.0 Å². The van der Waals surface area contributed by atoms with E-state index >= 15 is 0 Å². The molecule has 0 bridgehead atoms. The van der Waals surface area contributed by atoms with Crippen LogP contribution >= 0.6 is 0 Å². The first-order valence-electron chi connectivity index (χ1n) is 7.23. The van der Waals surface area contributed by atoms with Gasteiger partial charge in [-0.15, -0.1) is 0 Å². The van der Waals surface area contributed by atoms with Crippen molar-refractivity contribution in [1.82, 2.24) is 9.80 Å². The first-order valence-corrected chi connectivity index (χ1v) is 8.89. The van der Waals surface area contributed by atoms with Crippen LogP contribution in [0, 0.1) is 0 Å². The summed E-state index contributed by atoms with van der Waals surface area (Å²) in [6.07, 6.45) is 3.88. The number of benzene rings is 1. The summed E-state index contributed by atoms with van der Waals surface area (Å²) in [5, 5.41) is 0. The minimum atomic E-state index is -3.29. The highest BCUT2D eigenvalue weighted by molar-refractivity contribution is 7.92. The molecule has 2 rings (SSSR count). The van der Waals surface area contributed by atoms with E-state index in [0.717, 1.165) is 13.2 Å². The van der Waals surface area contributed by atoms with Crippen LogP contribution < -0.4 is 4.72 Å². The predicted octanol–water partition coefficient (Wildman–Crippen LogP) is 1.70. The zero-order valence-corrected chi connectivity index (χ0v) is 13.6. The Morgan fingerprint density at radius 2 is 1.77 bits per heavy atom. The maximum Gasteiger partial charge on any atom is 0.232 e. The average molecular weight is 323 g/mol. The number of hydrogen-bond acceptors (Lipinski definition) is 5. The topological polar surface area (TPSA) is 69.7 Å². The van der Waals surface area contributed by atoms with E-state index in [1.165, 1.54) is 0 Å². The van der Waals surface area contributed by atoms with Crippen LogP contribution in [-0.4, -0.2) is 49.5 Å². The molecule has 0 saturated carbocycles. The third kappa shape index (κ3) is 4.24. The lowest BCUT2D eigenvalue weighted by molar-refractivity contribution is 0.0946. The number of sulfonamides is 1. The molecule has 0 spiro atoms. The summed E-state index contributed by atoms with van der Waals surface area (Å²) >= 11 is 0. The molecule has 1 aromatic carbocycles. The van der Waals surface area contributed by atoms with Gasteiger partial charge >= 0.3 is 0 Å². The third-order valence-corrected chi connectivity index (χ3v) is 4.77. The minimum absolute atomic E-state index is 0.00695. The van der Waals surface area contributed by atoms with Crippen molar-refractivity contribution >= 4 is 21.5 Å². The lowest BCUT2D eigenvalue weighted by atomic mass is 10.1. The Bertz CT molecular complexity index is 653. The first-order chi connectivity index (χ1) is 10.4. The van der Waals surface area contributed by atoms with Gasteiger partial charge in [-0.25, -0.2) is 8.42 Å². The third-order valence-electron chi connectivity index (χ3n) is 3.46. The second-order valence-electron chi connectivity index (χ2n) is 5.10. The molecule has 1 heterocycles. The maximum atomic E-state index is 12.2. The molecule has 22 heavy (non-hydrogen) atoms. The minimum Gasteiger partial charge on any atom is -0.359 e. The number of Topliss-reactive ketones (excluding diaryl/α,β-unsaturated/α-hetero) is 1. The molecule has 0 fully saturated rings. The van der Waals surface area contributed by atoms with E-state index in [4.69, 9.17) is 0 Å². The van der Waals surface area contributed by atoms with Crippen molar-refractivity contribution in [3.05, 3.63) is 42.2 Å². The fraction of sp³-hybridized carbons (Fsp3) is 0.400. The van der Waals surface area contributed by atoms with Crippen molar-refractivity contribution in [3.63, 3.8) is 0 Å². The van der Waals surface area contributed by atoms with Crippen LogP contribution in [0.5, 0.6) is 0 Å². The number of carbonyl (C=O) groups excluding carboxylic acids is 1. The van der Waals surface area contributed by atoms with Gasteiger partial charge in [-0.1, -0.05) is 0 Å². The van der Waals surface area contributed by atoms with Crippen molar-refractivity contribution < 1.29 is 13.2 Å². The van der Waals surface area contributed by atoms with Crippen LogP contribution in [0.3, 0.4) is 0 Å². The predicted molar refractivity (Wildman–Crippen MR) is 86.9 cm³/mol. The lowest BCUT2D eigenvalue weighted by Crippen LogP contribution is -2.29. The highest BCUT2D eigenvalue weighted by Gasteiger charge is 2.15. The molecule has 1 aliphatic rings. The monoisotopic (exact) mass is 323 g/mol. The Morgan fingerprint density at radius 1 is 1.14 bits per heavy atom. The molecule has 0 aliphatic carbocycles. The Labute approximate surface area is 131 Å².